The molecule has 2 aromatic carbocycles. The van der Waals surface area contributed by atoms with Crippen molar-refractivity contribution in [3.05, 3.63) is 64.3 Å². The van der Waals surface area contributed by atoms with Crippen LogP contribution in [0.4, 0.5) is 0 Å². The van der Waals surface area contributed by atoms with E-state index >= 15 is 0 Å². The van der Waals surface area contributed by atoms with E-state index in [9.17, 15) is 0 Å². The second-order valence-electron chi connectivity index (χ2n) is 6.53. The Kier molecular flexibility index (Phi) is 3.86. The highest BCUT2D eigenvalue weighted by Gasteiger charge is 2.28. The molecule has 0 spiro atoms. The standard InChI is InChI=1S/C21H19N3O2S/c1-3-26-17-12-15-14(10-16(17)25-2)11-18-20(15)24-21(27-18)22-19(23-24)9-13-7-5-4-6-8-13/h4-8,10,12H,3,9,11H2,1-2H3. The van der Waals surface area contributed by atoms with Gasteiger partial charge in [-0.2, -0.15) is 0 Å². The monoisotopic (exact) mass is 377 g/mol. The fraction of sp³-hybridized carbons (Fsp3) is 0.238. The molecule has 0 unspecified atom stereocenters. The molecule has 0 bridgehead atoms. The molecule has 0 amide bonds. The van der Waals surface area contributed by atoms with E-state index < -0.39 is 0 Å². The zero-order valence-corrected chi connectivity index (χ0v) is 16.0. The molecule has 0 N–H and O–H groups in total. The molecule has 0 saturated heterocycles. The van der Waals surface area contributed by atoms with E-state index in [4.69, 9.17) is 19.6 Å². The first-order valence-electron chi connectivity index (χ1n) is 9.02. The summed E-state index contributed by atoms with van der Waals surface area (Å²) in [6.45, 7) is 2.58. The zero-order chi connectivity index (χ0) is 18.4. The minimum Gasteiger partial charge on any atom is -0.493 e. The predicted molar refractivity (Wildman–Crippen MR) is 106 cm³/mol. The number of methoxy groups -OCH3 is 1. The number of hydrogen-bond acceptors (Lipinski definition) is 5. The highest BCUT2D eigenvalue weighted by molar-refractivity contribution is 7.17. The van der Waals surface area contributed by atoms with Crippen LogP contribution in [-0.2, 0) is 12.8 Å². The van der Waals surface area contributed by atoms with E-state index in [1.165, 1.54) is 16.0 Å². The number of rotatable bonds is 5. The van der Waals surface area contributed by atoms with Crippen molar-refractivity contribution in [2.75, 3.05) is 13.7 Å². The van der Waals surface area contributed by atoms with Gasteiger partial charge in [-0.1, -0.05) is 41.7 Å². The minimum atomic E-state index is 0.603. The van der Waals surface area contributed by atoms with Gasteiger partial charge < -0.3 is 9.47 Å². The van der Waals surface area contributed by atoms with Gasteiger partial charge in [-0.25, -0.2) is 9.50 Å². The lowest BCUT2D eigenvalue weighted by molar-refractivity contribution is 0.311. The second-order valence-corrected chi connectivity index (χ2v) is 7.59. The van der Waals surface area contributed by atoms with Crippen molar-refractivity contribution in [2.24, 2.45) is 0 Å². The van der Waals surface area contributed by atoms with Crippen LogP contribution in [0.2, 0.25) is 0 Å². The summed E-state index contributed by atoms with van der Waals surface area (Å²) in [6, 6.07) is 14.5. The maximum atomic E-state index is 5.77. The predicted octanol–water partition coefficient (Wildman–Crippen LogP) is 4.36. The number of thiazole rings is 1. The summed E-state index contributed by atoms with van der Waals surface area (Å²) in [7, 11) is 1.68. The van der Waals surface area contributed by atoms with Crippen molar-refractivity contribution in [3.63, 3.8) is 0 Å². The van der Waals surface area contributed by atoms with Gasteiger partial charge in [0, 0.05) is 23.3 Å². The van der Waals surface area contributed by atoms with E-state index in [-0.39, 0.29) is 0 Å². The molecule has 0 atom stereocenters. The van der Waals surface area contributed by atoms with Crippen LogP contribution in [0.25, 0.3) is 16.2 Å². The Morgan fingerprint density at radius 1 is 1.15 bits per heavy atom. The smallest absolute Gasteiger partial charge is 0.213 e. The first-order chi connectivity index (χ1) is 13.3. The summed E-state index contributed by atoms with van der Waals surface area (Å²) in [5.74, 6) is 2.41. The molecular formula is C21H19N3O2S. The highest BCUT2D eigenvalue weighted by Crippen LogP contribution is 2.45. The lowest BCUT2D eigenvalue weighted by Crippen LogP contribution is -1.97. The Labute approximate surface area is 161 Å². The summed E-state index contributed by atoms with van der Waals surface area (Å²) in [4.78, 5) is 6.99. The molecule has 6 heteroatoms. The molecule has 0 saturated carbocycles. The van der Waals surface area contributed by atoms with Crippen molar-refractivity contribution in [2.45, 2.75) is 19.8 Å². The molecule has 1 aliphatic carbocycles. The van der Waals surface area contributed by atoms with Gasteiger partial charge in [-0.05, 0) is 30.2 Å². The van der Waals surface area contributed by atoms with Crippen LogP contribution in [0.1, 0.15) is 28.8 Å². The Morgan fingerprint density at radius 3 is 2.78 bits per heavy atom. The summed E-state index contributed by atoms with van der Waals surface area (Å²) in [5, 5.41) is 4.80. The Balaban J connectivity index is 1.58. The first kappa shape index (κ1) is 16.3. The molecule has 136 valence electrons. The zero-order valence-electron chi connectivity index (χ0n) is 15.2. The van der Waals surface area contributed by atoms with Gasteiger partial charge in [0.2, 0.25) is 4.96 Å². The number of aromatic nitrogens is 3. The Morgan fingerprint density at radius 2 is 2.00 bits per heavy atom. The van der Waals surface area contributed by atoms with Gasteiger partial charge >= 0.3 is 0 Å². The largest absolute Gasteiger partial charge is 0.493 e. The van der Waals surface area contributed by atoms with Crippen molar-refractivity contribution in [1.29, 1.82) is 0 Å². The second kappa shape index (κ2) is 6.39. The Hall–Kier alpha value is -2.86. The van der Waals surface area contributed by atoms with E-state index in [1.807, 2.05) is 29.6 Å². The van der Waals surface area contributed by atoms with Gasteiger partial charge in [0.05, 0.1) is 19.4 Å². The van der Waals surface area contributed by atoms with Gasteiger partial charge in [-0.15, -0.1) is 5.10 Å². The molecular weight excluding hydrogens is 358 g/mol. The van der Waals surface area contributed by atoms with Gasteiger partial charge in [0.25, 0.3) is 0 Å². The first-order valence-corrected chi connectivity index (χ1v) is 9.83. The molecule has 1 aliphatic rings. The molecule has 0 radical (unpaired) electrons. The van der Waals surface area contributed by atoms with Crippen molar-refractivity contribution >= 4 is 16.3 Å². The number of nitrogens with zero attached hydrogens (tertiary/aromatic N) is 3. The number of benzene rings is 2. The lowest BCUT2D eigenvalue weighted by Gasteiger charge is -2.11. The number of fused-ring (bicyclic) bond motifs is 5. The van der Waals surface area contributed by atoms with E-state index in [0.29, 0.717) is 6.61 Å². The molecule has 0 aliphatic heterocycles. The quantitative estimate of drug-likeness (QED) is 0.457. The molecule has 2 aromatic heterocycles. The fourth-order valence-corrected chi connectivity index (χ4v) is 4.74. The van der Waals surface area contributed by atoms with Crippen LogP contribution in [0.5, 0.6) is 11.5 Å². The fourth-order valence-electron chi connectivity index (χ4n) is 3.63. The highest BCUT2D eigenvalue weighted by atomic mass is 32.1. The molecule has 4 aromatic rings. The van der Waals surface area contributed by atoms with Crippen LogP contribution in [0, 0.1) is 0 Å². The third-order valence-corrected chi connectivity index (χ3v) is 5.84. The average Bonchev–Trinajstić information content (AvgIpc) is 3.30. The maximum absolute atomic E-state index is 5.77. The number of ether oxygens (including phenoxy) is 2. The molecule has 5 nitrogen and oxygen atoms in total. The van der Waals surface area contributed by atoms with Gasteiger partial charge in [0.1, 0.15) is 0 Å². The average molecular weight is 377 g/mol. The molecule has 2 heterocycles. The number of hydrogen-bond donors (Lipinski definition) is 0. The summed E-state index contributed by atoms with van der Waals surface area (Å²) < 4.78 is 13.3. The lowest BCUT2D eigenvalue weighted by atomic mass is 10.1. The molecule has 0 fully saturated rings. The van der Waals surface area contributed by atoms with E-state index in [2.05, 4.69) is 24.3 Å². The minimum absolute atomic E-state index is 0.603. The SMILES string of the molecule is CCOc1cc2c(cc1OC)Cc1sc3nc(Cc4ccccc4)nn3c1-2. The van der Waals surface area contributed by atoms with Crippen molar-refractivity contribution < 1.29 is 9.47 Å². The molecule has 5 rings (SSSR count). The van der Waals surface area contributed by atoms with Crippen LogP contribution in [0.3, 0.4) is 0 Å². The van der Waals surface area contributed by atoms with Gasteiger partial charge in [0.15, 0.2) is 17.3 Å². The van der Waals surface area contributed by atoms with Gasteiger partial charge in [-0.3, -0.25) is 0 Å². The Bertz CT molecular complexity index is 1130. The van der Waals surface area contributed by atoms with Crippen LogP contribution < -0.4 is 9.47 Å². The maximum Gasteiger partial charge on any atom is 0.213 e. The summed E-state index contributed by atoms with van der Waals surface area (Å²) in [5.41, 5.74) is 4.77. The summed E-state index contributed by atoms with van der Waals surface area (Å²) >= 11 is 1.71. The van der Waals surface area contributed by atoms with Crippen LogP contribution >= 0.6 is 11.3 Å². The van der Waals surface area contributed by atoms with E-state index in [0.717, 1.165) is 46.4 Å². The van der Waals surface area contributed by atoms with Crippen molar-refractivity contribution in [1.82, 2.24) is 14.6 Å². The van der Waals surface area contributed by atoms with E-state index in [1.54, 1.807) is 18.4 Å². The van der Waals surface area contributed by atoms with Crippen molar-refractivity contribution in [3.8, 4) is 22.8 Å². The topological polar surface area (TPSA) is 48.7 Å². The molecule has 27 heavy (non-hydrogen) atoms. The van der Waals surface area contributed by atoms with Crippen LogP contribution in [0.15, 0.2) is 42.5 Å². The third-order valence-electron chi connectivity index (χ3n) is 4.81. The van der Waals surface area contributed by atoms with Crippen LogP contribution in [-0.4, -0.2) is 28.3 Å². The summed E-state index contributed by atoms with van der Waals surface area (Å²) in [6.07, 6.45) is 1.63. The third kappa shape index (κ3) is 2.68. The normalized spacial score (nSPS) is 12.2.